The maximum atomic E-state index is 14.6. The molecule has 9 heteroatoms. The van der Waals surface area contributed by atoms with E-state index in [-0.39, 0.29) is 5.78 Å². The Kier molecular flexibility index (Phi) is 7.79. The molecule has 9 nitrogen and oxygen atoms in total. The number of carboxylic acid groups (broad SMARTS) is 1. The first-order valence-electron chi connectivity index (χ1n) is 13.7. The molecule has 1 aromatic heterocycles. The monoisotopic (exact) mass is 577 g/mol. The van der Waals surface area contributed by atoms with Crippen molar-refractivity contribution in [3.63, 3.8) is 0 Å². The van der Waals surface area contributed by atoms with Crippen LogP contribution in [0.2, 0.25) is 0 Å². The summed E-state index contributed by atoms with van der Waals surface area (Å²) in [6.07, 6.45) is 0. The quantitative estimate of drug-likeness (QED) is 0.240. The number of benzene rings is 3. The lowest BCUT2D eigenvalue weighted by molar-refractivity contribution is -0.148. The molecule has 0 radical (unpaired) electrons. The van der Waals surface area contributed by atoms with Crippen LogP contribution in [0.1, 0.15) is 57.5 Å². The van der Waals surface area contributed by atoms with E-state index in [1.807, 2.05) is 0 Å². The molecule has 2 N–H and O–H groups in total. The van der Waals surface area contributed by atoms with Crippen molar-refractivity contribution in [2.45, 2.75) is 38.3 Å². The fourth-order valence-corrected chi connectivity index (χ4v) is 6.21. The van der Waals surface area contributed by atoms with Crippen LogP contribution in [0.15, 0.2) is 89.3 Å². The molecule has 2 heterocycles. The summed E-state index contributed by atoms with van der Waals surface area (Å²) in [5.41, 5.74) is 0.351. The molecule has 0 saturated carbocycles. The summed E-state index contributed by atoms with van der Waals surface area (Å²) in [5.74, 6) is -2.16. The van der Waals surface area contributed by atoms with E-state index in [0.717, 1.165) is 0 Å². The molecule has 0 bridgehead atoms. The minimum Gasteiger partial charge on any atom is -0.497 e. The van der Waals surface area contributed by atoms with Gasteiger partial charge in [0.15, 0.2) is 5.78 Å². The third kappa shape index (κ3) is 5.12. The summed E-state index contributed by atoms with van der Waals surface area (Å²) >= 11 is 0. The van der Waals surface area contributed by atoms with Gasteiger partial charge in [-0.25, -0.2) is 9.59 Å². The maximum Gasteiger partial charge on any atom is 0.330 e. The minimum absolute atomic E-state index is 0.317. The highest BCUT2D eigenvalue weighted by atomic mass is 16.5. The molecule has 4 aromatic rings. The highest BCUT2D eigenvalue weighted by Gasteiger charge is 2.65. The number of urea groups is 1. The van der Waals surface area contributed by atoms with E-state index in [0.29, 0.717) is 45.2 Å². The Balaban J connectivity index is 1.79. The van der Waals surface area contributed by atoms with Crippen molar-refractivity contribution >= 4 is 23.5 Å². The Morgan fingerprint density at radius 3 is 2.14 bits per heavy atom. The van der Waals surface area contributed by atoms with Gasteiger partial charge in [0.25, 0.3) is 0 Å². The lowest BCUT2D eigenvalue weighted by atomic mass is 9.71. The second kappa shape index (κ2) is 11.5. The van der Waals surface area contributed by atoms with Crippen LogP contribution in [0.5, 0.6) is 5.75 Å². The Bertz CT molecular complexity index is 1710. The molecule has 1 aliphatic heterocycles. The number of Topliss-reactive ketones (excluding diaryl/α,β-unsaturated/α-hetero) is 1. The molecule has 2 amide bonds. The fourth-order valence-electron chi connectivity index (χ4n) is 6.21. The number of ether oxygens (including phenoxy) is 1. The van der Waals surface area contributed by atoms with Gasteiger partial charge in [0.2, 0.25) is 0 Å². The van der Waals surface area contributed by atoms with Gasteiger partial charge in [0.05, 0.1) is 36.3 Å². The highest BCUT2D eigenvalue weighted by molar-refractivity contribution is 6.04. The number of hydrogen-bond acceptors (Lipinski definition) is 6. The predicted molar refractivity (Wildman–Crippen MR) is 159 cm³/mol. The van der Waals surface area contributed by atoms with E-state index in [2.05, 4.69) is 11.4 Å². The minimum atomic E-state index is -1.89. The van der Waals surface area contributed by atoms with Gasteiger partial charge in [0.1, 0.15) is 22.8 Å². The van der Waals surface area contributed by atoms with Crippen molar-refractivity contribution in [3.8, 4) is 11.8 Å². The number of nitriles is 1. The van der Waals surface area contributed by atoms with Crippen LogP contribution >= 0.6 is 0 Å². The first-order chi connectivity index (χ1) is 20.6. The first kappa shape index (κ1) is 29.1. The number of para-hydroxylation sites is 1. The van der Waals surface area contributed by atoms with Crippen molar-refractivity contribution in [1.82, 2.24) is 4.90 Å². The number of aliphatic carboxylic acids is 1. The zero-order valence-electron chi connectivity index (χ0n) is 24.2. The molecule has 1 saturated heterocycles. The number of carbonyl (C=O) groups is 3. The van der Waals surface area contributed by atoms with Gasteiger partial charge >= 0.3 is 12.0 Å². The summed E-state index contributed by atoms with van der Waals surface area (Å²) in [6, 6.07) is 24.1. The van der Waals surface area contributed by atoms with Crippen molar-refractivity contribution in [3.05, 3.63) is 119 Å². The molecule has 4 atom stereocenters. The average molecular weight is 578 g/mol. The van der Waals surface area contributed by atoms with E-state index in [1.165, 1.54) is 18.9 Å². The molecule has 3 aromatic carbocycles. The zero-order chi connectivity index (χ0) is 30.9. The summed E-state index contributed by atoms with van der Waals surface area (Å²) in [7, 11) is 1.53. The van der Waals surface area contributed by atoms with Crippen LogP contribution in [0.4, 0.5) is 10.5 Å². The van der Waals surface area contributed by atoms with Gasteiger partial charge in [0, 0.05) is 11.6 Å². The van der Waals surface area contributed by atoms with Crippen molar-refractivity contribution in [2.75, 3.05) is 12.4 Å². The molecule has 0 aliphatic carbocycles. The largest absolute Gasteiger partial charge is 0.497 e. The number of nitrogens with one attached hydrogen (secondary N) is 1. The molecular formula is C34H31N3O6. The fraction of sp³-hybridized carbons (Fsp3) is 0.235. The second-order valence-electron chi connectivity index (χ2n) is 10.8. The number of carbonyl (C=O) groups excluding carboxylic acids is 2. The number of carboxylic acids is 1. The van der Waals surface area contributed by atoms with Crippen LogP contribution < -0.4 is 10.1 Å². The number of furan rings is 1. The summed E-state index contributed by atoms with van der Waals surface area (Å²) < 4.78 is 11.0. The molecule has 43 heavy (non-hydrogen) atoms. The summed E-state index contributed by atoms with van der Waals surface area (Å²) in [5, 5.41) is 23.2. The van der Waals surface area contributed by atoms with E-state index in [4.69, 9.17) is 9.15 Å². The zero-order valence-corrected chi connectivity index (χ0v) is 24.2. The highest BCUT2D eigenvalue weighted by Crippen LogP contribution is 2.57. The van der Waals surface area contributed by atoms with Gasteiger partial charge in [-0.05, 0) is 74.4 Å². The van der Waals surface area contributed by atoms with E-state index >= 15 is 0 Å². The maximum absolute atomic E-state index is 14.6. The van der Waals surface area contributed by atoms with Gasteiger partial charge in [-0.1, -0.05) is 42.5 Å². The third-order valence-corrected chi connectivity index (χ3v) is 8.23. The number of hydrogen-bond donors (Lipinski definition) is 2. The predicted octanol–water partition coefficient (Wildman–Crippen LogP) is 6.49. The SMILES string of the molecule is COc1ccc(C2C(C(=O)c3cc(C)oc3C)C(c3ccc(C#N)cc3)N(C(=O)Nc3ccccc3)C2(C)C(=O)O)cc1. The molecule has 1 fully saturated rings. The average Bonchev–Trinajstić information content (AvgIpc) is 3.50. The third-order valence-electron chi connectivity index (χ3n) is 8.23. The number of likely N-dealkylation sites (tertiary alicyclic amines) is 1. The van der Waals surface area contributed by atoms with Crippen LogP contribution in [0.3, 0.4) is 0 Å². The number of anilines is 1. The Morgan fingerprint density at radius 1 is 0.977 bits per heavy atom. The number of rotatable bonds is 7. The topological polar surface area (TPSA) is 133 Å². The Labute approximate surface area is 249 Å². The van der Waals surface area contributed by atoms with Crippen molar-refractivity contribution < 1.29 is 28.6 Å². The second-order valence-corrected chi connectivity index (χ2v) is 10.8. The lowest BCUT2D eigenvalue weighted by Gasteiger charge is -2.37. The number of amides is 2. The van der Waals surface area contributed by atoms with Gasteiger partial charge < -0.3 is 19.6 Å². The molecule has 0 spiro atoms. The van der Waals surface area contributed by atoms with Crippen LogP contribution in [-0.4, -0.2) is 40.4 Å². The van der Waals surface area contributed by atoms with E-state index < -0.39 is 35.4 Å². The van der Waals surface area contributed by atoms with Crippen LogP contribution in [0, 0.1) is 31.1 Å². The van der Waals surface area contributed by atoms with Crippen molar-refractivity contribution in [2.24, 2.45) is 5.92 Å². The van der Waals surface area contributed by atoms with Crippen LogP contribution in [-0.2, 0) is 4.79 Å². The standard InChI is InChI=1S/C34H31N3O6/c1-20-18-27(21(2)43-20)31(38)28-29(23-14-16-26(42-4)17-15-23)34(3,32(39)40)37(33(41)36-25-8-6-5-7-9-25)30(28)24-12-10-22(19-35)11-13-24/h5-18,28-30H,1-4H3,(H,36,41)(H,39,40). The molecule has 218 valence electrons. The number of nitrogens with zero attached hydrogens (tertiary/aromatic N) is 2. The van der Waals surface area contributed by atoms with Gasteiger partial charge in [-0.15, -0.1) is 0 Å². The summed E-state index contributed by atoms with van der Waals surface area (Å²) in [6.45, 7) is 4.90. The van der Waals surface area contributed by atoms with Crippen LogP contribution in [0.25, 0.3) is 0 Å². The normalized spacial score (nSPS) is 21.2. The van der Waals surface area contributed by atoms with E-state index in [1.54, 1.807) is 98.8 Å². The van der Waals surface area contributed by atoms with Gasteiger partial charge in [-0.2, -0.15) is 5.26 Å². The summed E-state index contributed by atoms with van der Waals surface area (Å²) in [4.78, 5) is 43.6. The van der Waals surface area contributed by atoms with Gasteiger partial charge in [-0.3, -0.25) is 9.69 Å². The molecular weight excluding hydrogens is 546 g/mol. The Morgan fingerprint density at radius 2 is 1.60 bits per heavy atom. The number of ketones is 1. The first-order valence-corrected chi connectivity index (χ1v) is 13.7. The van der Waals surface area contributed by atoms with E-state index in [9.17, 15) is 24.8 Å². The number of aryl methyl sites for hydroxylation is 2. The molecule has 1 aliphatic rings. The lowest BCUT2D eigenvalue weighted by Crippen LogP contribution is -2.55. The molecule has 4 unspecified atom stereocenters. The van der Waals surface area contributed by atoms with Crippen molar-refractivity contribution in [1.29, 1.82) is 5.26 Å². The number of methoxy groups -OCH3 is 1. The molecule has 5 rings (SSSR count). The smallest absolute Gasteiger partial charge is 0.330 e. The Hall–Kier alpha value is -5.36.